The maximum atomic E-state index is 13.0. The molecule has 11 heteroatoms. The summed E-state index contributed by atoms with van der Waals surface area (Å²) in [4.78, 5) is 21.1. The second-order valence-corrected chi connectivity index (χ2v) is 8.88. The molecule has 1 unspecified atom stereocenters. The normalized spacial score (nSPS) is 13.5. The predicted molar refractivity (Wildman–Crippen MR) is 128 cm³/mol. The number of hydrogen-bond donors (Lipinski definition) is 2. The Balaban J connectivity index is 1.73. The summed E-state index contributed by atoms with van der Waals surface area (Å²) >= 11 is 0. The summed E-state index contributed by atoms with van der Waals surface area (Å²) in [6.07, 6.45) is 4.91. The Labute approximate surface area is 201 Å². The topological polar surface area (TPSA) is 116 Å². The summed E-state index contributed by atoms with van der Waals surface area (Å²) in [6, 6.07) is 4.51. The SMILES string of the molecule is CC[C@H](C)NC(=O)c1cc(-c2cnn(C(c3ccc(C(F)F)nc3)C(C)C)c2)cn2nc(N)nc12. The first-order valence-corrected chi connectivity index (χ1v) is 11.4. The number of pyridine rings is 2. The molecule has 0 saturated heterocycles. The summed E-state index contributed by atoms with van der Waals surface area (Å²) in [5.41, 5.74) is 8.49. The van der Waals surface area contributed by atoms with Gasteiger partial charge in [0.25, 0.3) is 12.3 Å². The molecule has 4 aromatic heterocycles. The highest BCUT2D eigenvalue weighted by molar-refractivity contribution is 6.01. The first-order valence-electron chi connectivity index (χ1n) is 11.4. The lowest BCUT2D eigenvalue weighted by Gasteiger charge is -2.22. The Hall–Kier alpha value is -3.89. The number of alkyl halides is 2. The molecule has 0 fully saturated rings. The summed E-state index contributed by atoms with van der Waals surface area (Å²) in [6.45, 7) is 7.96. The zero-order valence-electron chi connectivity index (χ0n) is 20.0. The number of carbonyl (C=O) groups is 1. The van der Waals surface area contributed by atoms with Crippen molar-refractivity contribution in [3.05, 3.63) is 59.8 Å². The van der Waals surface area contributed by atoms with Gasteiger partial charge in [-0.2, -0.15) is 10.1 Å². The van der Waals surface area contributed by atoms with Gasteiger partial charge in [-0.1, -0.05) is 26.8 Å². The van der Waals surface area contributed by atoms with Gasteiger partial charge in [0.15, 0.2) is 5.65 Å². The van der Waals surface area contributed by atoms with Crippen molar-refractivity contribution >= 4 is 17.5 Å². The Kier molecular flexibility index (Phi) is 6.77. The van der Waals surface area contributed by atoms with Crippen molar-refractivity contribution in [1.82, 2.24) is 34.7 Å². The molecule has 0 bridgehead atoms. The molecular formula is C24H28F2N8O. The van der Waals surface area contributed by atoms with Gasteiger partial charge in [-0.05, 0) is 37.0 Å². The summed E-state index contributed by atoms with van der Waals surface area (Å²) in [7, 11) is 0. The molecule has 0 aliphatic carbocycles. The van der Waals surface area contributed by atoms with Crippen LogP contribution in [0.25, 0.3) is 16.8 Å². The minimum absolute atomic E-state index is 0.00825. The molecular weight excluding hydrogens is 454 g/mol. The van der Waals surface area contributed by atoms with Gasteiger partial charge in [0.1, 0.15) is 5.69 Å². The van der Waals surface area contributed by atoms with E-state index in [9.17, 15) is 13.6 Å². The van der Waals surface area contributed by atoms with Gasteiger partial charge in [-0.3, -0.25) is 14.5 Å². The maximum absolute atomic E-state index is 13.0. The second kappa shape index (κ2) is 9.77. The quantitative estimate of drug-likeness (QED) is 0.387. The van der Waals surface area contributed by atoms with Crippen molar-refractivity contribution < 1.29 is 13.6 Å². The third-order valence-corrected chi connectivity index (χ3v) is 5.91. The molecule has 4 heterocycles. The van der Waals surface area contributed by atoms with Crippen LogP contribution in [0.3, 0.4) is 0 Å². The average Bonchev–Trinajstić information content (AvgIpc) is 3.44. The van der Waals surface area contributed by atoms with E-state index in [1.54, 1.807) is 29.2 Å². The van der Waals surface area contributed by atoms with Crippen LogP contribution < -0.4 is 11.1 Å². The van der Waals surface area contributed by atoms with Crippen LogP contribution in [0.4, 0.5) is 14.7 Å². The van der Waals surface area contributed by atoms with Gasteiger partial charge in [0, 0.05) is 35.8 Å². The fourth-order valence-corrected chi connectivity index (χ4v) is 3.93. The Morgan fingerprint density at radius 1 is 1.14 bits per heavy atom. The van der Waals surface area contributed by atoms with Crippen molar-refractivity contribution in [2.24, 2.45) is 5.92 Å². The smallest absolute Gasteiger partial charge is 0.280 e. The fraction of sp³-hybridized carbons (Fsp3) is 0.375. The number of nitrogens with one attached hydrogen (secondary N) is 1. The lowest BCUT2D eigenvalue weighted by molar-refractivity contribution is 0.0940. The maximum Gasteiger partial charge on any atom is 0.280 e. The van der Waals surface area contributed by atoms with Crippen molar-refractivity contribution in [3.8, 4) is 11.1 Å². The number of hydrogen-bond acceptors (Lipinski definition) is 6. The molecule has 0 aromatic carbocycles. The standard InChI is InChI=1S/C24H28F2N8O/c1-5-14(4)30-23(35)18-8-16(11-34-22(18)31-24(27)32-34)17-10-29-33(12-17)20(13(2)3)15-6-7-19(21(25)26)28-9-15/h6-14,20-21H,5H2,1-4H3,(H2,27,32)(H,30,35)/t14-,20?/m0/s1. The fourth-order valence-electron chi connectivity index (χ4n) is 3.93. The third kappa shape index (κ3) is 4.98. The van der Waals surface area contributed by atoms with Gasteiger partial charge in [-0.15, -0.1) is 5.10 Å². The lowest BCUT2D eigenvalue weighted by atomic mass is 9.97. The van der Waals surface area contributed by atoms with Crippen LogP contribution in [-0.2, 0) is 0 Å². The first kappa shape index (κ1) is 24.2. The van der Waals surface area contributed by atoms with E-state index in [0.717, 1.165) is 17.5 Å². The van der Waals surface area contributed by atoms with Gasteiger partial charge >= 0.3 is 0 Å². The Morgan fingerprint density at radius 3 is 2.54 bits per heavy atom. The zero-order valence-corrected chi connectivity index (χ0v) is 20.0. The van der Waals surface area contributed by atoms with Crippen LogP contribution in [0.1, 0.15) is 68.2 Å². The van der Waals surface area contributed by atoms with Crippen molar-refractivity contribution in [2.45, 2.75) is 52.6 Å². The molecule has 4 aromatic rings. The third-order valence-electron chi connectivity index (χ3n) is 5.91. The number of aromatic nitrogens is 6. The van der Waals surface area contributed by atoms with Crippen molar-refractivity contribution in [1.29, 1.82) is 0 Å². The molecule has 0 radical (unpaired) electrons. The molecule has 2 atom stereocenters. The number of carbonyl (C=O) groups excluding carboxylic acids is 1. The van der Waals surface area contributed by atoms with E-state index in [1.807, 2.05) is 33.9 Å². The van der Waals surface area contributed by atoms with Crippen LogP contribution in [-0.4, -0.2) is 41.3 Å². The minimum Gasteiger partial charge on any atom is -0.366 e. The van der Waals surface area contributed by atoms with Crippen LogP contribution in [0.2, 0.25) is 0 Å². The number of nitrogen functional groups attached to an aromatic ring is 1. The molecule has 0 aliphatic rings. The number of fused-ring (bicyclic) bond motifs is 1. The Morgan fingerprint density at radius 2 is 1.91 bits per heavy atom. The second-order valence-electron chi connectivity index (χ2n) is 8.88. The molecule has 0 saturated carbocycles. The van der Waals surface area contributed by atoms with E-state index in [4.69, 9.17) is 5.73 Å². The monoisotopic (exact) mass is 482 g/mol. The number of nitrogens with two attached hydrogens (primary N) is 1. The van der Waals surface area contributed by atoms with E-state index in [0.29, 0.717) is 16.8 Å². The molecule has 1 amide bonds. The highest BCUT2D eigenvalue weighted by atomic mass is 19.3. The summed E-state index contributed by atoms with van der Waals surface area (Å²) in [5.74, 6) is -0.0947. The molecule has 0 aliphatic heterocycles. The molecule has 4 rings (SSSR count). The highest BCUT2D eigenvalue weighted by Gasteiger charge is 2.22. The van der Waals surface area contributed by atoms with Gasteiger partial charge in [-0.25, -0.2) is 13.3 Å². The molecule has 3 N–H and O–H groups in total. The van der Waals surface area contributed by atoms with E-state index in [1.165, 1.54) is 16.8 Å². The lowest BCUT2D eigenvalue weighted by Crippen LogP contribution is -2.32. The summed E-state index contributed by atoms with van der Waals surface area (Å²) in [5, 5.41) is 11.7. The van der Waals surface area contributed by atoms with E-state index < -0.39 is 6.43 Å². The number of amides is 1. The highest BCUT2D eigenvalue weighted by Crippen LogP contribution is 2.30. The summed E-state index contributed by atoms with van der Waals surface area (Å²) < 4.78 is 29.1. The Bertz CT molecular complexity index is 1330. The number of halogens is 2. The van der Waals surface area contributed by atoms with Gasteiger partial charge < -0.3 is 11.1 Å². The average molecular weight is 483 g/mol. The first-order chi connectivity index (χ1) is 16.7. The van der Waals surface area contributed by atoms with Crippen LogP contribution in [0, 0.1) is 5.92 Å². The molecule has 0 spiro atoms. The largest absolute Gasteiger partial charge is 0.366 e. The van der Waals surface area contributed by atoms with E-state index in [2.05, 4.69) is 25.5 Å². The predicted octanol–water partition coefficient (Wildman–Crippen LogP) is 4.28. The zero-order chi connectivity index (χ0) is 25.3. The van der Waals surface area contributed by atoms with Crippen LogP contribution in [0.15, 0.2) is 43.0 Å². The van der Waals surface area contributed by atoms with Crippen molar-refractivity contribution in [2.75, 3.05) is 5.73 Å². The number of rotatable bonds is 8. The van der Waals surface area contributed by atoms with Crippen LogP contribution in [0.5, 0.6) is 0 Å². The minimum atomic E-state index is -2.62. The van der Waals surface area contributed by atoms with Crippen LogP contribution >= 0.6 is 0 Å². The van der Waals surface area contributed by atoms with E-state index in [-0.39, 0.29) is 35.6 Å². The van der Waals surface area contributed by atoms with Gasteiger partial charge in [0.2, 0.25) is 5.95 Å². The molecule has 35 heavy (non-hydrogen) atoms. The van der Waals surface area contributed by atoms with Gasteiger partial charge in [0.05, 0.1) is 17.8 Å². The number of nitrogens with zero attached hydrogens (tertiary/aromatic N) is 6. The number of anilines is 1. The van der Waals surface area contributed by atoms with Crippen molar-refractivity contribution in [3.63, 3.8) is 0 Å². The molecule has 9 nitrogen and oxygen atoms in total. The van der Waals surface area contributed by atoms with E-state index >= 15 is 0 Å². The molecule has 184 valence electrons.